The molecule has 0 unspecified atom stereocenters. The summed E-state index contributed by atoms with van der Waals surface area (Å²) in [5.41, 5.74) is 0. The van der Waals surface area contributed by atoms with Gasteiger partial charge in [-0.15, -0.1) is 0 Å². The molecule has 0 saturated heterocycles. The van der Waals surface area contributed by atoms with Crippen molar-refractivity contribution in [1.82, 2.24) is 0 Å². The number of hydrogen-bond donors (Lipinski definition) is 1. The van der Waals surface area contributed by atoms with E-state index in [4.69, 9.17) is 21.4 Å². The maximum atomic E-state index is 11.9. The van der Waals surface area contributed by atoms with Crippen LogP contribution in [0.5, 0.6) is 5.75 Å². The van der Waals surface area contributed by atoms with Crippen molar-refractivity contribution in [3.05, 3.63) is 23.2 Å². The van der Waals surface area contributed by atoms with Crippen LogP contribution in [0.1, 0.15) is 6.42 Å². The smallest absolute Gasteiger partial charge is 0.182 e. The highest BCUT2D eigenvalue weighted by Crippen LogP contribution is 2.28. The Kier molecular flexibility index (Phi) is 4.58. The lowest BCUT2D eigenvalue weighted by atomic mass is 10.3. The Balaban J connectivity index is 3.15. The second-order valence-electron chi connectivity index (χ2n) is 3.19. The van der Waals surface area contributed by atoms with E-state index >= 15 is 0 Å². The highest BCUT2D eigenvalue weighted by molar-refractivity contribution is 7.91. The number of sulfone groups is 1. The Labute approximate surface area is 99.7 Å². The van der Waals surface area contributed by atoms with Crippen molar-refractivity contribution in [2.45, 2.75) is 11.3 Å². The number of halogens is 1. The fourth-order valence-corrected chi connectivity index (χ4v) is 2.99. The molecule has 0 amide bonds. The molecule has 0 aromatic heterocycles. The van der Waals surface area contributed by atoms with E-state index in [0.29, 0.717) is 5.02 Å². The van der Waals surface area contributed by atoms with Crippen LogP contribution in [0, 0.1) is 0 Å². The second-order valence-corrected chi connectivity index (χ2v) is 5.71. The van der Waals surface area contributed by atoms with E-state index in [1.54, 1.807) is 6.07 Å². The van der Waals surface area contributed by atoms with Crippen molar-refractivity contribution in [3.63, 3.8) is 0 Å². The zero-order chi connectivity index (χ0) is 12.2. The van der Waals surface area contributed by atoms with Crippen molar-refractivity contribution < 1.29 is 18.3 Å². The Morgan fingerprint density at radius 2 is 2.12 bits per heavy atom. The Morgan fingerprint density at radius 1 is 1.44 bits per heavy atom. The van der Waals surface area contributed by atoms with Gasteiger partial charge in [-0.05, 0) is 24.6 Å². The largest absolute Gasteiger partial charge is 0.495 e. The molecule has 16 heavy (non-hydrogen) atoms. The first-order valence-corrected chi connectivity index (χ1v) is 6.71. The minimum atomic E-state index is -3.46. The average Bonchev–Trinajstić information content (AvgIpc) is 2.26. The van der Waals surface area contributed by atoms with Crippen molar-refractivity contribution >= 4 is 21.4 Å². The normalized spacial score (nSPS) is 11.4. The molecule has 1 rings (SSSR count). The van der Waals surface area contributed by atoms with E-state index in [9.17, 15) is 8.42 Å². The van der Waals surface area contributed by atoms with Crippen molar-refractivity contribution in [1.29, 1.82) is 0 Å². The van der Waals surface area contributed by atoms with Crippen LogP contribution in [0.3, 0.4) is 0 Å². The first-order chi connectivity index (χ1) is 7.51. The van der Waals surface area contributed by atoms with Gasteiger partial charge in [0.05, 0.1) is 12.9 Å². The molecule has 1 aromatic carbocycles. The van der Waals surface area contributed by atoms with Crippen LogP contribution in [0.4, 0.5) is 0 Å². The lowest BCUT2D eigenvalue weighted by Crippen LogP contribution is -2.09. The van der Waals surface area contributed by atoms with Gasteiger partial charge in [0.1, 0.15) is 10.6 Å². The molecule has 1 N–H and O–H groups in total. The highest BCUT2D eigenvalue weighted by atomic mass is 35.5. The first-order valence-electron chi connectivity index (χ1n) is 4.68. The molecular formula is C10H13ClO4S. The third-order valence-electron chi connectivity index (χ3n) is 2.03. The Hall–Kier alpha value is -0.780. The summed E-state index contributed by atoms with van der Waals surface area (Å²) in [6, 6.07) is 4.42. The van der Waals surface area contributed by atoms with E-state index in [1.165, 1.54) is 19.2 Å². The SMILES string of the molecule is COc1ccc(Cl)cc1S(=O)(=O)CCCO. The minimum absolute atomic E-state index is 0.0657. The predicted molar refractivity (Wildman–Crippen MR) is 61.8 cm³/mol. The van der Waals surface area contributed by atoms with Gasteiger partial charge in [-0.25, -0.2) is 8.42 Å². The van der Waals surface area contributed by atoms with Crippen LogP contribution in [0.15, 0.2) is 23.1 Å². The van der Waals surface area contributed by atoms with Gasteiger partial charge in [0.15, 0.2) is 9.84 Å². The van der Waals surface area contributed by atoms with Gasteiger partial charge in [0.2, 0.25) is 0 Å². The zero-order valence-electron chi connectivity index (χ0n) is 8.81. The van der Waals surface area contributed by atoms with Crippen LogP contribution >= 0.6 is 11.6 Å². The van der Waals surface area contributed by atoms with E-state index < -0.39 is 9.84 Å². The summed E-state index contributed by atoms with van der Waals surface area (Å²) in [5, 5.41) is 8.97. The molecule has 0 saturated carbocycles. The fraction of sp³-hybridized carbons (Fsp3) is 0.400. The number of aliphatic hydroxyl groups excluding tert-OH is 1. The highest BCUT2D eigenvalue weighted by Gasteiger charge is 2.19. The maximum Gasteiger partial charge on any atom is 0.182 e. The van der Waals surface area contributed by atoms with Crippen LogP contribution < -0.4 is 4.74 Å². The monoisotopic (exact) mass is 264 g/mol. The minimum Gasteiger partial charge on any atom is -0.495 e. The number of benzene rings is 1. The van der Waals surface area contributed by atoms with E-state index in [1.807, 2.05) is 0 Å². The third-order valence-corrected chi connectivity index (χ3v) is 4.08. The standard InChI is InChI=1S/C10H13ClO4S/c1-15-9-4-3-8(11)7-10(9)16(13,14)6-2-5-12/h3-4,7,12H,2,5-6H2,1H3. The number of hydrogen-bond acceptors (Lipinski definition) is 4. The Morgan fingerprint density at radius 3 is 2.69 bits per heavy atom. The Bertz CT molecular complexity index is 456. The van der Waals surface area contributed by atoms with Crippen LogP contribution in [-0.4, -0.2) is 33.0 Å². The molecule has 0 fully saturated rings. The molecule has 0 aliphatic heterocycles. The summed E-state index contributed by atoms with van der Waals surface area (Å²) in [4.78, 5) is 0.0657. The van der Waals surface area contributed by atoms with Gasteiger partial charge in [0, 0.05) is 11.6 Å². The van der Waals surface area contributed by atoms with Gasteiger partial charge in [-0.3, -0.25) is 0 Å². The molecule has 1 aromatic rings. The van der Waals surface area contributed by atoms with E-state index in [0.717, 1.165) is 0 Å². The second kappa shape index (κ2) is 5.52. The van der Waals surface area contributed by atoms with Crippen LogP contribution in [-0.2, 0) is 9.84 Å². The van der Waals surface area contributed by atoms with E-state index in [2.05, 4.69) is 0 Å². The van der Waals surface area contributed by atoms with Gasteiger partial charge in [-0.1, -0.05) is 11.6 Å². The van der Waals surface area contributed by atoms with Crippen molar-refractivity contribution in [2.75, 3.05) is 19.5 Å². The van der Waals surface area contributed by atoms with Gasteiger partial charge in [-0.2, -0.15) is 0 Å². The first kappa shape index (κ1) is 13.3. The lowest BCUT2D eigenvalue weighted by Gasteiger charge is -2.09. The summed E-state index contributed by atoms with van der Waals surface area (Å²) in [5.74, 6) is 0.141. The van der Waals surface area contributed by atoms with Crippen LogP contribution in [0.2, 0.25) is 5.02 Å². The summed E-state index contributed by atoms with van der Waals surface area (Å²) in [6.45, 7) is -0.165. The molecule has 0 bridgehead atoms. The van der Waals surface area contributed by atoms with Gasteiger partial charge < -0.3 is 9.84 Å². The summed E-state index contributed by atoms with van der Waals surface area (Å²) in [7, 11) is -2.06. The van der Waals surface area contributed by atoms with Crippen molar-refractivity contribution in [3.8, 4) is 5.75 Å². The molecule has 0 spiro atoms. The molecule has 0 heterocycles. The molecule has 0 aliphatic carbocycles. The lowest BCUT2D eigenvalue weighted by molar-refractivity contribution is 0.295. The maximum absolute atomic E-state index is 11.9. The number of rotatable bonds is 5. The van der Waals surface area contributed by atoms with Gasteiger partial charge in [0.25, 0.3) is 0 Å². The fourth-order valence-electron chi connectivity index (χ4n) is 1.26. The van der Waals surface area contributed by atoms with Gasteiger partial charge >= 0.3 is 0 Å². The molecular weight excluding hydrogens is 252 g/mol. The summed E-state index contributed by atoms with van der Waals surface area (Å²) < 4.78 is 28.7. The molecule has 90 valence electrons. The van der Waals surface area contributed by atoms with E-state index in [-0.39, 0.29) is 29.4 Å². The van der Waals surface area contributed by atoms with Crippen molar-refractivity contribution in [2.24, 2.45) is 0 Å². The van der Waals surface area contributed by atoms with Crippen LogP contribution in [0.25, 0.3) is 0 Å². The topological polar surface area (TPSA) is 63.6 Å². The molecule has 4 nitrogen and oxygen atoms in total. The summed E-state index contributed by atoms with van der Waals surface area (Å²) >= 11 is 5.74. The number of methoxy groups -OCH3 is 1. The third kappa shape index (κ3) is 3.10. The quantitative estimate of drug-likeness (QED) is 0.876. The predicted octanol–water partition coefficient (Wildman–Crippen LogP) is 1.50. The molecule has 0 aliphatic rings. The molecule has 0 radical (unpaired) electrons. The molecule has 0 atom stereocenters. The number of aliphatic hydroxyl groups is 1. The zero-order valence-corrected chi connectivity index (χ0v) is 10.4. The number of ether oxygens (including phenoxy) is 1. The molecule has 6 heteroatoms. The average molecular weight is 265 g/mol. The summed E-state index contributed by atoms with van der Waals surface area (Å²) in [6.07, 6.45) is 0.192.